The van der Waals surface area contributed by atoms with Gasteiger partial charge in [0.15, 0.2) is 0 Å². The maximum Gasteiger partial charge on any atom is 0.0537 e. The quantitative estimate of drug-likeness (QED) is 0.821. The summed E-state index contributed by atoms with van der Waals surface area (Å²) in [4.78, 5) is 0. The van der Waals surface area contributed by atoms with E-state index in [1.165, 1.54) is 43.5 Å². The minimum Gasteiger partial charge on any atom is -0.312 e. The standard InChI is InChI=1S/C13H21N3/c1-10-11(8-15-16(10)2)7-14-9-13(5-6-13)12-3-4-12/h8,12,14H,3-7,9H2,1-2H3. The maximum atomic E-state index is 4.27. The molecule has 2 fully saturated rings. The van der Waals surface area contributed by atoms with E-state index in [1.54, 1.807) is 0 Å². The van der Waals surface area contributed by atoms with Gasteiger partial charge < -0.3 is 5.32 Å². The molecule has 0 radical (unpaired) electrons. The van der Waals surface area contributed by atoms with Gasteiger partial charge in [-0.3, -0.25) is 4.68 Å². The average molecular weight is 219 g/mol. The normalized spacial score (nSPS) is 22.4. The predicted octanol–water partition coefficient (Wildman–Crippen LogP) is 2.01. The molecular formula is C13H21N3. The van der Waals surface area contributed by atoms with Gasteiger partial charge in [0, 0.05) is 31.4 Å². The van der Waals surface area contributed by atoms with Crippen LogP contribution < -0.4 is 5.32 Å². The second-order valence-electron chi connectivity index (χ2n) is 5.62. The Morgan fingerprint density at radius 3 is 2.75 bits per heavy atom. The molecule has 88 valence electrons. The van der Waals surface area contributed by atoms with Crippen LogP contribution in [0, 0.1) is 18.3 Å². The Bertz CT molecular complexity index is 386. The van der Waals surface area contributed by atoms with Crippen LogP contribution in [-0.2, 0) is 13.6 Å². The summed E-state index contributed by atoms with van der Waals surface area (Å²) < 4.78 is 1.95. The lowest BCUT2D eigenvalue weighted by atomic mass is 10.0. The highest BCUT2D eigenvalue weighted by molar-refractivity contribution is 5.15. The van der Waals surface area contributed by atoms with Gasteiger partial charge in [0.2, 0.25) is 0 Å². The molecule has 2 aliphatic carbocycles. The number of nitrogens with zero attached hydrogens (tertiary/aromatic N) is 2. The Balaban J connectivity index is 1.51. The molecule has 1 aromatic rings. The van der Waals surface area contributed by atoms with Crippen LogP contribution in [0.5, 0.6) is 0 Å². The number of hydrogen-bond donors (Lipinski definition) is 1. The van der Waals surface area contributed by atoms with Crippen molar-refractivity contribution in [3.05, 3.63) is 17.5 Å². The van der Waals surface area contributed by atoms with Crippen molar-refractivity contribution < 1.29 is 0 Å². The Hall–Kier alpha value is -0.830. The van der Waals surface area contributed by atoms with Gasteiger partial charge in [-0.2, -0.15) is 5.10 Å². The lowest BCUT2D eigenvalue weighted by Gasteiger charge is -2.14. The van der Waals surface area contributed by atoms with Crippen LogP contribution in [0.15, 0.2) is 6.20 Å². The van der Waals surface area contributed by atoms with Gasteiger partial charge in [-0.05, 0) is 43.9 Å². The molecule has 0 unspecified atom stereocenters. The molecule has 0 amide bonds. The monoisotopic (exact) mass is 219 g/mol. The fourth-order valence-corrected chi connectivity index (χ4v) is 2.75. The zero-order chi connectivity index (χ0) is 11.2. The fourth-order valence-electron chi connectivity index (χ4n) is 2.75. The van der Waals surface area contributed by atoms with Gasteiger partial charge >= 0.3 is 0 Å². The van der Waals surface area contributed by atoms with Gasteiger partial charge in [-0.25, -0.2) is 0 Å². The first-order valence-electron chi connectivity index (χ1n) is 6.39. The highest BCUT2D eigenvalue weighted by atomic mass is 15.3. The van der Waals surface area contributed by atoms with Gasteiger partial charge in [0.1, 0.15) is 0 Å². The van der Waals surface area contributed by atoms with Crippen LogP contribution in [0.2, 0.25) is 0 Å². The highest BCUT2D eigenvalue weighted by Crippen LogP contribution is 2.60. The lowest BCUT2D eigenvalue weighted by molar-refractivity contribution is 0.403. The third-order valence-corrected chi connectivity index (χ3v) is 4.47. The van der Waals surface area contributed by atoms with Crippen molar-refractivity contribution in [1.82, 2.24) is 15.1 Å². The van der Waals surface area contributed by atoms with Crippen molar-refractivity contribution in [3.63, 3.8) is 0 Å². The Kier molecular flexibility index (Phi) is 2.32. The Morgan fingerprint density at radius 1 is 1.50 bits per heavy atom. The van der Waals surface area contributed by atoms with Crippen LogP contribution in [0.25, 0.3) is 0 Å². The summed E-state index contributed by atoms with van der Waals surface area (Å²) in [5, 5.41) is 7.90. The first-order valence-corrected chi connectivity index (χ1v) is 6.39. The number of aryl methyl sites for hydroxylation is 1. The highest BCUT2D eigenvalue weighted by Gasteiger charge is 2.53. The van der Waals surface area contributed by atoms with Crippen LogP contribution in [0.4, 0.5) is 0 Å². The summed E-state index contributed by atoms with van der Waals surface area (Å²) in [7, 11) is 2.01. The van der Waals surface area contributed by atoms with E-state index in [0.29, 0.717) is 5.41 Å². The largest absolute Gasteiger partial charge is 0.312 e. The van der Waals surface area contributed by atoms with E-state index < -0.39 is 0 Å². The third kappa shape index (κ3) is 1.77. The van der Waals surface area contributed by atoms with Crippen molar-refractivity contribution >= 4 is 0 Å². The van der Waals surface area contributed by atoms with E-state index in [2.05, 4.69) is 17.3 Å². The maximum absolute atomic E-state index is 4.27. The molecule has 0 saturated heterocycles. The SMILES string of the molecule is Cc1c(CNCC2(C3CC3)CC2)cnn1C. The number of nitrogens with one attached hydrogen (secondary N) is 1. The molecule has 2 saturated carbocycles. The molecule has 0 spiro atoms. The average Bonchev–Trinajstić information content (AvgIpc) is 3.14. The second-order valence-corrected chi connectivity index (χ2v) is 5.62. The first kappa shape index (κ1) is 10.3. The first-order chi connectivity index (χ1) is 7.71. The molecule has 0 aliphatic heterocycles. The van der Waals surface area contributed by atoms with Crippen molar-refractivity contribution in [2.24, 2.45) is 18.4 Å². The van der Waals surface area contributed by atoms with E-state index >= 15 is 0 Å². The van der Waals surface area contributed by atoms with Crippen LogP contribution in [0.1, 0.15) is 36.9 Å². The minimum atomic E-state index is 0.704. The summed E-state index contributed by atoms with van der Waals surface area (Å²) in [5.74, 6) is 1.05. The zero-order valence-corrected chi connectivity index (χ0v) is 10.3. The molecule has 3 heteroatoms. The summed E-state index contributed by atoms with van der Waals surface area (Å²) >= 11 is 0. The van der Waals surface area contributed by atoms with E-state index in [1.807, 2.05) is 17.9 Å². The minimum absolute atomic E-state index is 0.704. The molecule has 0 bridgehead atoms. The molecule has 3 nitrogen and oxygen atoms in total. The number of rotatable bonds is 5. The van der Waals surface area contributed by atoms with Crippen LogP contribution in [-0.4, -0.2) is 16.3 Å². The van der Waals surface area contributed by atoms with Crippen molar-refractivity contribution in [2.75, 3.05) is 6.54 Å². The van der Waals surface area contributed by atoms with E-state index in [-0.39, 0.29) is 0 Å². The molecule has 0 aromatic carbocycles. The van der Waals surface area contributed by atoms with Gasteiger partial charge in [-0.15, -0.1) is 0 Å². The number of hydrogen-bond acceptors (Lipinski definition) is 2. The van der Waals surface area contributed by atoms with Crippen molar-refractivity contribution in [2.45, 2.75) is 39.2 Å². The smallest absolute Gasteiger partial charge is 0.0537 e. The second kappa shape index (κ2) is 3.59. The topological polar surface area (TPSA) is 29.9 Å². The van der Waals surface area contributed by atoms with Gasteiger partial charge in [0.25, 0.3) is 0 Å². The summed E-state index contributed by atoms with van der Waals surface area (Å²) in [6, 6.07) is 0. The van der Waals surface area contributed by atoms with Crippen LogP contribution >= 0.6 is 0 Å². The van der Waals surface area contributed by atoms with E-state index in [4.69, 9.17) is 0 Å². The molecule has 1 heterocycles. The summed E-state index contributed by atoms with van der Waals surface area (Å²) in [6.45, 7) is 4.33. The molecule has 0 atom stereocenters. The molecule has 1 aromatic heterocycles. The molecule has 3 rings (SSSR count). The lowest BCUT2D eigenvalue weighted by Crippen LogP contribution is -2.25. The summed E-state index contributed by atoms with van der Waals surface area (Å²) in [6.07, 6.45) is 7.85. The zero-order valence-electron chi connectivity index (χ0n) is 10.3. The third-order valence-electron chi connectivity index (χ3n) is 4.47. The molecule has 2 aliphatic rings. The van der Waals surface area contributed by atoms with Gasteiger partial charge in [-0.1, -0.05) is 0 Å². The van der Waals surface area contributed by atoms with Crippen LogP contribution in [0.3, 0.4) is 0 Å². The van der Waals surface area contributed by atoms with Crippen molar-refractivity contribution in [1.29, 1.82) is 0 Å². The fraction of sp³-hybridized carbons (Fsp3) is 0.769. The number of aromatic nitrogens is 2. The van der Waals surface area contributed by atoms with E-state index in [9.17, 15) is 0 Å². The Labute approximate surface area is 97.2 Å². The molecule has 1 N–H and O–H groups in total. The van der Waals surface area contributed by atoms with Gasteiger partial charge in [0.05, 0.1) is 6.20 Å². The summed E-state index contributed by atoms with van der Waals surface area (Å²) in [5.41, 5.74) is 3.33. The molecular weight excluding hydrogens is 198 g/mol. The Morgan fingerprint density at radius 2 is 2.25 bits per heavy atom. The molecule has 16 heavy (non-hydrogen) atoms. The van der Waals surface area contributed by atoms with Crippen molar-refractivity contribution in [3.8, 4) is 0 Å². The van der Waals surface area contributed by atoms with E-state index in [0.717, 1.165) is 12.5 Å². The predicted molar refractivity (Wildman–Crippen MR) is 64.0 cm³/mol.